The number of aliphatic hydroxyl groups excluding tert-OH is 2. The third kappa shape index (κ3) is 34.6. The van der Waals surface area contributed by atoms with Crippen molar-refractivity contribution in [2.24, 2.45) is 0 Å². The van der Waals surface area contributed by atoms with Crippen LogP contribution in [0.3, 0.4) is 0 Å². The molecule has 0 saturated heterocycles. The number of nitrogens with one attached hydrogen (secondary N) is 1. The zero-order chi connectivity index (χ0) is 38.2. The number of amides is 1. The molecule has 6 nitrogen and oxygen atoms in total. The van der Waals surface area contributed by atoms with Crippen molar-refractivity contribution >= 4 is 11.9 Å². The fourth-order valence-electron chi connectivity index (χ4n) is 6.07. The van der Waals surface area contributed by atoms with Gasteiger partial charge in [0.15, 0.2) is 0 Å². The Kier molecular flexibility index (Phi) is 37.9. The number of hydrogen-bond donors (Lipinski definition) is 3. The Balaban J connectivity index is 4.58. The third-order valence-electron chi connectivity index (χ3n) is 9.31. The summed E-state index contributed by atoms with van der Waals surface area (Å²) in [5.74, 6) is -0.538. The lowest BCUT2D eigenvalue weighted by Crippen LogP contribution is -2.46. The molecule has 0 radical (unpaired) electrons. The fraction of sp³-hybridized carbons (Fsp3) is 0.739. The Bertz CT molecular complexity index is 952. The van der Waals surface area contributed by atoms with Crippen LogP contribution in [0.15, 0.2) is 60.8 Å². The van der Waals surface area contributed by atoms with Crippen molar-refractivity contribution < 1.29 is 24.5 Å². The molecule has 0 aromatic carbocycles. The number of hydrogen-bond acceptors (Lipinski definition) is 5. The van der Waals surface area contributed by atoms with Crippen molar-refractivity contribution in [3.05, 3.63) is 60.8 Å². The summed E-state index contributed by atoms with van der Waals surface area (Å²) in [6.07, 6.45) is 47.2. The highest BCUT2D eigenvalue weighted by Crippen LogP contribution is 2.16. The first-order valence-electron chi connectivity index (χ1n) is 21.5. The first kappa shape index (κ1) is 49.6. The average Bonchev–Trinajstić information content (AvgIpc) is 3.13. The minimum absolute atomic E-state index is 0.0508. The second-order valence-electron chi connectivity index (χ2n) is 14.4. The minimum Gasteiger partial charge on any atom is -0.462 e. The molecule has 0 aliphatic carbocycles. The Labute approximate surface area is 320 Å². The average molecular weight is 728 g/mol. The molecule has 3 unspecified atom stereocenters. The van der Waals surface area contributed by atoms with E-state index < -0.39 is 18.2 Å². The van der Waals surface area contributed by atoms with Gasteiger partial charge in [0.1, 0.15) is 6.10 Å². The molecule has 0 heterocycles. The van der Waals surface area contributed by atoms with E-state index in [1.54, 1.807) is 0 Å². The van der Waals surface area contributed by atoms with E-state index >= 15 is 0 Å². The van der Waals surface area contributed by atoms with Gasteiger partial charge in [0.2, 0.25) is 5.91 Å². The predicted molar refractivity (Wildman–Crippen MR) is 222 cm³/mol. The molecule has 0 fully saturated rings. The Morgan fingerprint density at radius 3 is 1.67 bits per heavy atom. The summed E-state index contributed by atoms with van der Waals surface area (Å²) in [5.41, 5.74) is 0. The van der Waals surface area contributed by atoms with Gasteiger partial charge >= 0.3 is 5.97 Å². The second-order valence-corrected chi connectivity index (χ2v) is 14.4. The number of ether oxygens (including phenoxy) is 1. The molecule has 0 aliphatic rings. The van der Waals surface area contributed by atoms with E-state index in [4.69, 9.17) is 4.74 Å². The van der Waals surface area contributed by atoms with Crippen molar-refractivity contribution in [1.29, 1.82) is 0 Å². The molecule has 0 aromatic heterocycles. The Hall–Kier alpha value is -2.44. The van der Waals surface area contributed by atoms with E-state index in [0.717, 1.165) is 109 Å². The number of esters is 1. The highest BCUT2D eigenvalue weighted by Gasteiger charge is 2.24. The number of rotatable bonds is 37. The topological polar surface area (TPSA) is 95.9 Å². The maximum Gasteiger partial charge on any atom is 0.306 e. The van der Waals surface area contributed by atoms with Gasteiger partial charge in [-0.05, 0) is 83.5 Å². The van der Waals surface area contributed by atoms with E-state index in [9.17, 15) is 19.8 Å². The van der Waals surface area contributed by atoms with E-state index in [-0.39, 0.29) is 24.9 Å². The molecular weight excluding hydrogens is 647 g/mol. The van der Waals surface area contributed by atoms with Gasteiger partial charge in [-0.25, -0.2) is 0 Å². The van der Waals surface area contributed by atoms with Crippen LogP contribution in [0.2, 0.25) is 0 Å². The van der Waals surface area contributed by atoms with Gasteiger partial charge in [-0.15, -0.1) is 0 Å². The summed E-state index contributed by atoms with van der Waals surface area (Å²) < 4.78 is 5.85. The minimum atomic E-state index is -0.794. The normalized spacial score (nSPS) is 14.0. The van der Waals surface area contributed by atoms with Crippen LogP contribution in [0.5, 0.6) is 0 Å². The summed E-state index contributed by atoms with van der Waals surface area (Å²) in [6, 6.07) is -0.710. The predicted octanol–water partition coefficient (Wildman–Crippen LogP) is 12.1. The first-order chi connectivity index (χ1) is 25.5. The third-order valence-corrected chi connectivity index (χ3v) is 9.31. The number of carbonyl (C=O) groups is 2. The smallest absolute Gasteiger partial charge is 0.306 e. The SMILES string of the molecule is CC/C=C/C/C=C/C/C=C/C/C=C/CCCCCC(=O)OC(CCCCC/C=C\CCC)CC(=O)NC(CO)C(O)CCCCCCCCCCC. The lowest BCUT2D eigenvalue weighted by atomic mass is 10.0. The van der Waals surface area contributed by atoms with Crippen LogP contribution in [0.25, 0.3) is 0 Å². The molecule has 0 saturated carbocycles. The van der Waals surface area contributed by atoms with E-state index in [1.807, 2.05) is 0 Å². The van der Waals surface area contributed by atoms with Crippen molar-refractivity contribution in [1.82, 2.24) is 5.32 Å². The molecule has 0 spiro atoms. The van der Waals surface area contributed by atoms with Crippen molar-refractivity contribution in [3.8, 4) is 0 Å². The van der Waals surface area contributed by atoms with Gasteiger partial charge in [0.25, 0.3) is 0 Å². The Morgan fingerprint density at radius 1 is 0.577 bits per heavy atom. The van der Waals surface area contributed by atoms with Gasteiger partial charge in [0.05, 0.1) is 25.2 Å². The maximum atomic E-state index is 13.0. The van der Waals surface area contributed by atoms with E-state index in [1.165, 1.54) is 38.5 Å². The quantitative estimate of drug-likeness (QED) is 0.0336. The van der Waals surface area contributed by atoms with E-state index in [2.05, 4.69) is 86.8 Å². The molecular formula is C46H81NO5. The lowest BCUT2D eigenvalue weighted by molar-refractivity contribution is -0.151. The molecule has 1 amide bonds. The fourth-order valence-corrected chi connectivity index (χ4v) is 6.07. The van der Waals surface area contributed by atoms with Crippen LogP contribution < -0.4 is 5.32 Å². The zero-order valence-corrected chi connectivity index (χ0v) is 33.9. The number of aliphatic hydroxyl groups is 2. The summed E-state index contributed by atoms with van der Waals surface area (Å²) in [7, 11) is 0. The van der Waals surface area contributed by atoms with Gasteiger partial charge in [-0.2, -0.15) is 0 Å². The van der Waals surface area contributed by atoms with Gasteiger partial charge in [-0.3, -0.25) is 9.59 Å². The van der Waals surface area contributed by atoms with Crippen molar-refractivity contribution in [3.63, 3.8) is 0 Å². The van der Waals surface area contributed by atoms with Crippen molar-refractivity contribution in [2.45, 2.75) is 212 Å². The number of unbranched alkanes of at least 4 members (excludes halogenated alkanes) is 15. The molecule has 0 aliphatic heterocycles. The van der Waals surface area contributed by atoms with Gasteiger partial charge < -0.3 is 20.3 Å². The second kappa shape index (κ2) is 39.8. The molecule has 0 rings (SSSR count). The standard InChI is InChI=1S/C46H81NO5/c1-4-7-10-13-16-19-20-21-22-23-24-25-27-30-33-36-39-46(51)52-42(37-34-31-28-18-15-12-9-6-3)40-45(50)47-43(41-48)44(49)38-35-32-29-26-17-14-11-8-5-2/h7,10,12,15-16,19,21-22,24-25,42-44,48-49H,4-6,8-9,11,13-14,17-18,20,23,26-41H2,1-3H3,(H,47,50)/b10-7+,15-12-,19-16+,22-21+,25-24+. The molecule has 0 aromatic rings. The van der Waals surface area contributed by atoms with Crippen LogP contribution in [0, 0.1) is 0 Å². The molecule has 300 valence electrons. The summed E-state index contributed by atoms with van der Waals surface area (Å²) >= 11 is 0. The maximum absolute atomic E-state index is 13.0. The van der Waals surface area contributed by atoms with Gasteiger partial charge in [-0.1, -0.05) is 159 Å². The lowest BCUT2D eigenvalue weighted by Gasteiger charge is -2.24. The van der Waals surface area contributed by atoms with Crippen LogP contribution in [0.4, 0.5) is 0 Å². The summed E-state index contributed by atoms with van der Waals surface area (Å²) in [5, 5.41) is 23.5. The largest absolute Gasteiger partial charge is 0.462 e. The molecule has 52 heavy (non-hydrogen) atoms. The molecule has 3 N–H and O–H groups in total. The molecule has 0 bridgehead atoms. The molecule has 6 heteroatoms. The highest BCUT2D eigenvalue weighted by atomic mass is 16.5. The van der Waals surface area contributed by atoms with Crippen LogP contribution in [-0.2, 0) is 14.3 Å². The van der Waals surface area contributed by atoms with Gasteiger partial charge in [0, 0.05) is 6.42 Å². The Morgan fingerprint density at radius 2 is 1.08 bits per heavy atom. The molecule has 3 atom stereocenters. The number of allylic oxidation sites excluding steroid dienone is 10. The van der Waals surface area contributed by atoms with Crippen LogP contribution in [0.1, 0.15) is 194 Å². The van der Waals surface area contributed by atoms with Crippen molar-refractivity contribution in [2.75, 3.05) is 6.61 Å². The number of carbonyl (C=O) groups excluding carboxylic acids is 2. The summed E-state index contributed by atoms with van der Waals surface area (Å²) in [4.78, 5) is 25.8. The first-order valence-corrected chi connectivity index (χ1v) is 21.5. The van der Waals surface area contributed by atoms with E-state index in [0.29, 0.717) is 19.3 Å². The zero-order valence-electron chi connectivity index (χ0n) is 33.9. The van der Waals surface area contributed by atoms with Crippen LogP contribution in [-0.4, -0.2) is 46.9 Å². The summed E-state index contributed by atoms with van der Waals surface area (Å²) in [6.45, 7) is 6.24. The van der Waals surface area contributed by atoms with Crippen LogP contribution >= 0.6 is 0 Å². The highest BCUT2D eigenvalue weighted by molar-refractivity contribution is 5.77. The monoisotopic (exact) mass is 728 g/mol.